The number of nitrogens with zero attached hydrogens (tertiary/aromatic N) is 3. The van der Waals surface area contributed by atoms with Gasteiger partial charge in [-0.25, -0.2) is 19.5 Å². The van der Waals surface area contributed by atoms with E-state index in [1.807, 2.05) is 5.48 Å². The number of pyridine rings is 1. The highest BCUT2D eigenvalue weighted by molar-refractivity contribution is 9.10. The summed E-state index contributed by atoms with van der Waals surface area (Å²) in [5.74, 6) is -2.62. The maximum atomic E-state index is 14.0. The number of likely N-dealkylation sites (N-methyl/N-ethyl adjacent to an activating group) is 1. The number of hydrogen-bond donors (Lipinski definition) is 3. The minimum atomic E-state index is -0.892. The van der Waals surface area contributed by atoms with E-state index >= 15 is 0 Å². The average molecular weight is 605 g/mol. The van der Waals surface area contributed by atoms with Crippen LogP contribution in [0.25, 0.3) is 5.82 Å². The fraction of sp³-hybridized carbons (Fsp3) is 0.105. The lowest BCUT2D eigenvalue weighted by molar-refractivity contribution is -0.126. The molecule has 0 bridgehead atoms. The Morgan fingerprint density at radius 2 is 1.97 bits per heavy atom. The molecule has 0 aliphatic heterocycles. The molecule has 3 amide bonds. The first-order valence-corrected chi connectivity index (χ1v) is 11.0. The molecule has 10 nitrogen and oxygen atoms in total. The van der Waals surface area contributed by atoms with Crippen molar-refractivity contribution in [1.82, 2.24) is 25.6 Å². The first-order valence-electron chi connectivity index (χ1n) is 9.00. The lowest BCUT2D eigenvalue weighted by Gasteiger charge is -2.14. The third-order valence-corrected chi connectivity index (χ3v) is 5.34. The van der Waals surface area contributed by atoms with Gasteiger partial charge in [-0.05, 0) is 56.1 Å². The Hall–Kier alpha value is -2.87. The zero-order valence-electron chi connectivity index (χ0n) is 16.7. The monoisotopic (exact) mass is 602 g/mol. The molecule has 14 heteroatoms. The van der Waals surface area contributed by atoms with Gasteiger partial charge in [-0.2, -0.15) is 5.10 Å². The number of anilines is 1. The van der Waals surface area contributed by atoms with Crippen LogP contribution in [0.3, 0.4) is 0 Å². The maximum absolute atomic E-state index is 14.0. The number of hydrogen-bond acceptors (Lipinski definition) is 6. The Balaban J connectivity index is 1.92. The average Bonchev–Trinajstić information content (AvgIpc) is 3.16. The number of amides is 3. The minimum Gasteiger partial charge on any atom is -0.357 e. The molecule has 0 spiro atoms. The van der Waals surface area contributed by atoms with E-state index in [2.05, 4.69) is 52.6 Å². The predicted octanol–water partition coefficient (Wildman–Crippen LogP) is 3.24. The van der Waals surface area contributed by atoms with Crippen molar-refractivity contribution in [1.29, 1.82) is 0 Å². The van der Waals surface area contributed by atoms with Gasteiger partial charge in [0.2, 0.25) is 5.91 Å². The zero-order chi connectivity index (χ0) is 24.1. The van der Waals surface area contributed by atoms with Crippen LogP contribution < -0.4 is 16.1 Å². The molecule has 172 valence electrons. The first kappa shape index (κ1) is 24.8. The van der Waals surface area contributed by atoms with E-state index in [9.17, 15) is 18.8 Å². The molecule has 3 rings (SSSR count). The summed E-state index contributed by atoms with van der Waals surface area (Å²) in [6, 6.07) is 6.60. The number of aromatic nitrogens is 3. The van der Waals surface area contributed by atoms with E-state index in [4.69, 9.17) is 16.4 Å². The van der Waals surface area contributed by atoms with E-state index in [-0.39, 0.29) is 32.3 Å². The third kappa shape index (κ3) is 5.93. The van der Waals surface area contributed by atoms with Gasteiger partial charge in [-0.1, -0.05) is 11.6 Å². The normalized spacial score (nSPS) is 10.6. The molecule has 0 saturated heterocycles. The van der Waals surface area contributed by atoms with E-state index in [1.165, 1.54) is 24.0 Å². The van der Waals surface area contributed by atoms with Crippen molar-refractivity contribution < 1.29 is 23.6 Å². The Bertz CT molecular complexity index is 1240. The largest absolute Gasteiger partial charge is 0.357 e. The van der Waals surface area contributed by atoms with Crippen molar-refractivity contribution >= 4 is 66.9 Å². The summed E-state index contributed by atoms with van der Waals surface area (Å²) in [7, 11) is 1.39. The van der Waals surface area contributed by atoms with Crippen molar-refractivity contribution in [2.24, 2.45) is 0 Å². The molecule has 0 aliphatic rings. The van der Waals surface area contributed by atoms with Gasteiger partial charge in [-0.3, -0.25) is 19.2 Å². The minimum absolute atomic E-state index is 0.0286. The topological polar surface area (TPSA) is 127 Å². The van der Waals surface area contributed by atoms with Crippen LogP contribution in [0.2, 0.25) is 5.02 Å². The quantitative estimate of drug-likeness (QED) is 0.356. The first-order chi connectivity index (χ1) is 15.7. The van der Waals surface area contributed by atoms with Gasteiger partial charge in [0.15, 0.2) is 12.4 Å². The van der Waals surface area contributed by atoms with Crippen LogP contribution in [-0.4, -0.2) is 46.1 Å². The second-order valence-corrected chi connectivity index (χ2v) is 8.30. The summed E-state index contributed by atoms with van der Waals surface area (Å²) in [4.78, 5) is 45.8. The molecular weight excluding hydrogens is 591 g/mol. The van der Waals surface area contributed by atoms with Crippen molar-refractivity contribution in [2.75, 3.05) is 19.0 Å². The molecule has 0 fully saturated rings. The standard InChI is InChI=1S/C19H14Br2ClFN6O4/c1-24-15(30)8-33-28-18(31)10-5-9(23)6-11(20)16(10)26-19(32)13-7-14(21)27-29(13)17-12(22)3-2-4-25-17/h2-7H,8H2,1H3,(H,24,30)(H,26,32)(H,28,31). The number of carbonyl (C=O) groups excluding carboxylic acids is 3. The molecule has 0 radical (unpaired) electrons. The predicted molar refractivity (Wildman–Crippen MR) is 124 cm³/mol. The Labute approximate surface area is 208 Å². The molecule has 3 aromatic rings. The summed E-state index contributed by atoms with van der Waals surface area (Å²) >= 11 is 12.5. The molecule has 0 unspecified atom stereocenters. The number of nitrogens with one attached hydrogen (secondary N) is 3. The van der Waals surface area contributed by atoms with Gasteiger partial charge in [-0.15, -0.1) is 0 Å². The zero-order valence-corrected chi connectivity index (χ0v) is 20.6. The van der Waals surface area contributed by atoms with Crippen molar-refractivity contribution in [2.45, 2.75) is 0 Å². The van der Waals surface area contributed by atoms with Crippen molar-refractivity contribution in [3.63, 3.8) is 0 Å². The molecule has 2 heterocycles. The van der Waals surface area contributed by atoms with Crippen molar-refractivity contribution in [3.05, 3.63) is 67.7 Å². The number of halogens is 4. The van der Waals surface area contributed by atoms with E-state index in [0.29, 0.717) is 4.60 Å². The molecule has 33 heavy (non-hydrogen) atoms. The molecule has 1 aromatic carbocycles. The Kier molecular flexibility index (Phi) is 8.13. The van der Waals surface area contributed by atoms with Crippen LogP contribution >= 0.6 is 43.5 Å². The highest BCUT2D eigenvalue weighted by Gasteiger charge is 2.23. The van der Waals surface area contributed by atoms with E-state index < -0.39 is 30.1 Å². The molecular formula is C19H14Br2ClFN6O4. The third-order valence-electron chi connectivity index (χ3n) is 4.04. The van der Waals surface area contributed by atoms with Crippen LogP contribution in [0.5, 0.6) is 0 Å². The number of carbonyl (C=O) groups is 3. The van der Waals surface area contributed by atoms with Crippen LogP contribution in [0.15, 0.2) is 45.6 Å². The van der Waals surface area contributed by atoms with Crippen LogP contribution in [0.1, 0.15) is 20.8 Å². The van der Waals surface area contributed by atoms with Crippen molar-refractivity contribution in [3.8, 4) is 5.82 Å². The van der Waals surface area contributed by atoms with Gasteiger partial charge in [0, 0.05) is 23.8 Å². The van der Waals surface area contributed by atoms with E-state index in [0.717, 1.165) is 12.1 Å². The summed E-state index contributed by atoms with van der Waals surface area (Å²) in [6.45, 7) is -0.460. The SMILES string of the molecule is CNC(=O)CONC(=O)c1cc(F)cc(Br)c1NC(=O)c1cc(Br)nn1-c1ncccc1Cl. The van der Waals surface area contributed by atoms with Gasteiger partial charge < -0.3 is 10.6 Å². The molecule has 2 aromatic heterocycles. The lowest BCUT2D eigenvalue weighted by atomic mass is 10.1. The van der Waals surface area contributed by atoms with Gasteiger partial charge >= 0.3 is 0 Å². The van der Waals surface area contributed by atoms with Crippen LogP contribution in [0, 0.1) is 5.82 Å². The fourth-order valence-corrected chi connectivity index (χ4v) is 3.67. The molecule has 0 aliphatic carbocycles. The van der Waals surface area contributed by atoms with Gasteiger partial charge in [0.05, 0.1) is 16.3 Å². The highest BCUT2D eigenvalue weighted by Crippen LogP contribution is 2.29. The summed E-state index contributed by atoms with van der Waals surface area (Å²) in [5, 5.41) is 9.30. The lowest BCUT2D eigenvalue weighted by Crippen LogP contribution is -2.31. The second-order valence-electron chi connectivity index (χ2n) is 6.23. The highest BCUT2D eigenvalue weighted by atomic mass is 79.9. The number of benzene rings is 1. The van der Waals surface area contributed by atoms with Gasteiger partial charge in [0.25, 0.3) is 11.8 Å². The molecule has 0 saturated carbocycles. The Morgan fingerprint density at radius 1 is 1.21 bits per heavy atom. The summed E-state index contributed by atoms with van der Waals surface area (Å²) in [5.41, 5.74) is 1.76. The summed E-state index contributed by atoms with van der Waals surface area (Å²) in [6.07, 6.45) is 1.48. The molecule has 0 atom stereocenters. The number of hydroxylamine groups is 1. The number of rotatable bonds is 7. The van der Waals surface area contributed by atoms with Crippen LogP contribution in [0.4, 0.5) is 10.1 Å². The van der Waals surface area contributed by atoms with Gasteiger partial charge in [0.1, 0.15) is 16.1 Å². The van der Waals surface area contributed by atoms with Crippen LogP contribution in [-0.2, 0) is 9.63 Å². The smallest absolute Gasteiger partial charge is 0.277 e. The fourth-order valence-electron chi connectivity index (χ4n) is 2.56. The molecule has 3 N–H and O–H groups in total. The maximum Gasteiger partial charge on any atom is 0.277 e. The second kappa shape index (κ2) is 10.8. The Morgan fingerprint density at radius 3 is 2.67 bits per heavy atom. The van der Waals surface area contributed by atoms with E-state index in [1.54, 1.807) is 12.1 Å². The summed E-state index contributed by atoms with van der Waals surface area (Å²) < 4.78 is 15.6.